The largest absolute Gasteiger partial charge is 0.497 e. The van der Waals surface area contributed by atoms with E-state index < -0.39 is 0 Å². The zero-order valence-electron chi connectivity index (χ0n) is 9.39. The van der Waals surface area contributed by atoms with Gasteiger partial charge >= 0.3 is 0 Å². The van der Waals surface area contributed by atoms with Crippen molar-refractivity contribution < 1.29 is 10.5 Å². The molecule has 0 saturated carbocycles. The molecular weight excluding hydrogens is 198 g/mol. The van der Waals surface area contributed by atoms with Crippen molar-refractivity contribution in [3.8, 4) is 5.75 Å². The van der Waals surface area contributed by atoms with E-state index in [1.54, 1.807) is 7.11 Å². The molecule has 2 aromatic carbocycles. The number of rotatable bonds is 3. The average molecular weight is 214 g/mol. The van der Waals surface area contributed by atoms with Gasteiger partial charge in [0.2, 0.25) is 0 Å². The van der Waals surface area contributed by atoms with E-state index in [0.717, 1.165) is 5.75 Å². The van der Waals surface area contributed by atoms with Crippen molar-refractivity contribution in [2.75, 3.05) is 7.11 Å². The van der Waals surface area contributed by atoms with Gasteiger partial charge in [0.05, 0.1) is 7.11 Å². The lowest BCUT2D eigenvalue weighted by atomic mass is 10.00. The first-order valence-electron chi connectivity index (χ1n) is 5.33. The quantitative estimate of drug-likeness (QED) is 0.834. The van der Waals surface area contributed by atoms with Gasteiger partial charge in [-0.25, -0.2) is 0 Å². The molecule has 2 heteroatoms. The highest BCUT2D eigenvalue weighted by atomic mass is 16.5. The minimum Gasteiger partial charge on any atom is -0.497 e. The van der Waals surface area contributed by atoms with Crippen LogP contribution in [0.4, 0.5) is 0 Å². The lowest BCUT2D eigenvalue weighted by Crippen LogP contribution is -2.53. The van der Waals surface area contributed by atoms with Crippen molar-refractivity contribution in [3.05, 3.63) is 65.7 Å². The van der Waals surface area contributed by atoms with E-state index in [1.165, 1.54) is 11.1 Å². The van der Waals surface area contributed by atoms with Gasteiger partial charge in [0.15, 0.2) is 0 Å². The summed E-state index contributed by atoms with van der Waals surface area (Å²) in [4.78, 5) is 0. The fraction of sp³-hybridized carbons (Fsp3) is 0.143. The van der Waals surface area contributed by atoms with E-state index in [-0.39, 0.29) is 6.04 Å². The second-order valence-corrected chi connectivity index (χ2v) is 3.74. The average Bonchev–Trinajstić information content (AvgIpc) is 2.39. The van der Waals surface area contributed by atoms with Gasteiger partial charge in [-0.05, 0) is 24.3 Å². The molecule has 0 amide bonds. The predicted molar refractivity (Wildman–Crippen MR) is 64.2 cm³/mol. The minimum atomic E-state index is 0.173. The third kappa shape index (κ3) is 2.23. The monoisotopic (exact) mass is 214 g/mol. The summed E-state index contributed by atoms with van der Waals surface area (Å²) in [6, 6.07) is 18.5. The Bertz CT molecular complexity index is 436. The van der Waals surface area contributed by atoms with E-state index >= 15 is 0 Å². The number of ether oxygens (including phenoxy) is 1. The molecule has 0 saturated heterocycles. The van der Waals surface area contributed by atoms with Gasteiger partial charge in [0.1, 0.15) is 11.8 Å². The van der Waals surface area contributed by atoms with Crippen LogP contribution in [-0.4, -0.2) is 7.11 Å². The van der Waals surface area contributed by atoms with Crippen molar-refractivity contribution in [2.45, 2.75) is 6.04 Å². The molecule has 82 valence electrons. The van der Waals surface area contributed by atoms with Crippen molar-refractivity contribution in [3.63, 3.8) is 0 Å². The van der Waals surface area contributed by atoms with E-state index in [4.69, 9.17) is 4.74 Å². The summed E-state index contributed by atoms with van der Waals surface area (Å²) in [5, 5.41) is 0. The highest BCUT2D eigenvalue weighted by molar-refractivity contribution is 5.33. The second kappa shape index (κ2) is 4.81. The summed E-state index contributed by atoms with van der Waals surface area (Å²) in [6.07, 6.45) is 0. The molecule has 1 atom stereocenters. The Kier molecular flexibility index (Phi) is 3.22. The number of methoxy groups -OCH3 is 1. The molecule has 2 aromatic rings. The van der Waals surface area contributed by atoms with Crippen molar-refractivity contribution in [2.24, 2.45) is 0 Å². The molecule has 2 rings (SSSR count). The summed E-state index contributed by atoms with van der Waals surface area (Å²) >= 11 is 0. The molecule has 0 bridgehead atoms. The fourth-order valence-corrected chi connectivity index (χ4v) is 1.71. The van der Waals surface area contributed by atoms with Crippen molar-refractivity contribution in [1.29, 1.82) is 0 Å². The van der Waals surface area contributed by atoms with Crippen LogP contribution in [0.15, 0.2) is 54.6 Å². The third-order valence-corrected chi connectivity index (χ3v) is 2.72. The highest BCUT2D eigenvalue weighted by Crippen LogP contribution is 2.20. The molecule has 0 aliphatic carbocycles. The van der Waals surface area contributed by atoms with Crippen LogP contribution in [0.3, 0.4) is 0 Å². The maximum absolute atomic E-state index is 5.13. The minimum absolute atomic E-state index is 0.173. The molecule has 2 nitrogen and oxygen atoms in total. The topological polar surface area (TPSA) is 36.9 Å². The van der Waals surface area contributed by atoms with Gasteiger partial charge in [0.25, 0.3) is 0 Å². The van der Waals surface area contributed by atoms with E-state index in [9.17, 15) is 0 Å². The molecule has 16 heavy (non-hydrogen) atoms. The van der Waals surface area contributed by atoms with Crippen LogP contribution >= 0.6 is 0 Å². The molecule has 0 heterocycles. The Morgan fingerprint density at radius 1 is 0.875 bits per heavy atom. The molecule has 3 N–H and O–H groups in total. The molecular formula is C14H16NO+. The van der Waals surface area contributed by atoms with E-state index in [0.29, 0.717) is 0 Å². The van der Waals surface area contributed by atoms with Gasteiger partial charge < -0.3 is 10.5 Å². The van der Waals surface area contributed by atoms with Crippen LogP contribution in [0, 0.1) is 0 Å². The summed E-state index contributed by atoms with van der Waals surface area (Å²) in [5.74, 6) is 0.879. The number of benzene rings is 2. The zero-order chi connectivity index (χ0) is 11.4. The Labute approximate surface area is 95.7 Å². The van der Waals surface area contributed by atoms with Gasteiger partial charge in [-0.3, -0.25) is 0 Å². The van der Waals surface area contributed by atoms with Crippen LogP contribution in [-0.2, 0) is 0 Å². The van der Waals surface area contributed by atoms with Crippen LogP contribution in [0.5, 0.6) is 5.75 Å². The number of hydrogen-bond acceptors (Lipinski definition) is 1. The van der Waals surface area contributed by atoms with Crippen LogP contribution in [0.2, 0.25) is 0 Å². The number of hydrogen-bond donors (Lipinski definition) is 1. The first-order valence-corrected chi connectivity index (χ1v) is 5.33. The molecule has 0 spiro atoms. The number of quaternary nitrogens is 1. The fourth-order valence-electron chi connectivity index (χ4n) is 1.71. The van der Waals surface area contributed by atoms with Crippen LogP contribution in [0.25, 0.3) is 0 Å². The smallest absolute Gasteiger partial charge is 0.136 e. The summed E-state index contributed by atoms with van der Waals surface area (Å²) in [5.41, 5.74) is 6.62. The highest BCUT2D eigenvalue weighted by Gasteiger charge is 2.11. The van der Waals surface area contributed by atoms with Crippen molar-refractivity contribution in [1.82, 2.24) is 0 Å². The maximum atomic E-state index is 5.13. The maximum Gasteiger partial charge on any atom is 0.136 e. The van der Waals surface area contributed by atoms with Gasteiger partial charge in [-0.15, -0.1) is 0 Å². The Hall–Kier alpha value is -1.80. The van der Waals surface area contributed by atoms with Crippen molar-refractivity contribution >= 4 is 0 Å². The molecule has 1 unspecified atom stereocenters. The first kappa shape index (κ1) is 10.7. The van der Waals surface area contributed by atoms with Gasteiger partial charge in [0, 0.05) is 11.1 Å². The van der Waals surface area contributed by atoms with Gasteiger partial charge in [-0.1, -0.05) is 30.3 Å². The van der Waals surface area contributed by atoms with Crippen LogP contribution in [0.1, 0.15) is 17.2 Å². The van der Waals surface area contributed by atoms with Crippen LogP contribution < -0.4 is 10.5 Å². The Morgan fingerprint density at radius 2 is 1.44 bits per heavy atom. The molecule has 0 aliphatic rings. The molecule has 0 fully saturated rings. The molecule has 0 radical (unpaired) electrons. The summed E-state index contributed by atoms with van der Waals surface area (Å²) in [7, 11) is 1.67. The summed E-state index contributed by atoms with van der Waals surface area (Å²) < 4.78 is 5.13. The molecule has 0 aliphatic heterocycles. The van der Waals surface area contributed by atoms with E-state index in [1.807, 2.05) is 30.3 Å². The normalized spacial score (nSPS) is 12.1. The lowest BCUT2D eigenvalue weighted by Gasteiger charge is -2.09. The standard InChI is InChI=1S/C14H15NO/c1-16-13-9-7-12(8-10-13)14(15)11-5-3-2-4-6-11/h2-10,14H,15H2,1H3/p+1. The SMILES string of the molecule is COc1ccc(C([NH3+])c2ccccc2)cc1. The van der Waals surface area contributed by atoms with Gasteiger partial charge in [-0.2, -0.15) is 0 Å². The second-order valence-electron chi connectivity index (χ2n) is 3.74. The Morgan fingerprint density at radius 3 is 2.00 bits per heavy atom. The molecule has 0 aromatic heterocycles. The predicted octanol–water partition coefficient (Wildman–Crippen LogP) is 2.03. The lowest BCUT2D eigenvalue weighted by molar-refractivity contribution is -0.411. The first-order chi connectivity index (χ1) is 7.81. The Balaban J connectivity index is 2.24. The summed E-state index contributed by atoms with van der Waals surface area (Å²) in [6.45, 7) is 0. The zero-order valence-corrected chi connectivity index (χ0v) is 9.39. The third-order valence-electron chi connectivity index (χ3n) is 2.72. The van der Waals surface area contributed by atoms with E-state index in [2.05, 4.69) is 30.0 Å².